The number of hydrogen-bond acceptors (Lipinski definition) is 5. The number of methoxy groups -OCH3 is 3. The molecule has 1 heterocycles. The molecule has 0 fully saturated rings. The third-order valence-corrected chi connectivity index (χ3v) is 5.65. The van der Waals surface area contributed by atoms with Crippen LogP contribution in [0.3, 0.4) is 0 Å². The van der Waals surface area contributed by atoms with E-state index in [9.17, 15) is 9.90 Å². The lowest BCUT2D eigenvalue weighted by Gasteiger charge is -2.17. The fourth-order valence-electron chi connectivity index (χ4n) is 3.81. The zero-order valence-corrected chi connectivity index (χ0v) is 20.2. The standard InChI is InChI=1S/C26H28ClNO5/c1-15(2)24-19(17-7-6-8-18(27)13-17)14-20(26(29)30)21(28-24)10-9-16-11-22(31-3)25(33-5)23(12-16)32-4/h6-8,11-15H,9-10H2,1-5H3,(H,29,30). The van der Waals surface area contributed by atoms with E-state index in [2.05, 4.69) is 0 Å². The van der Waals surface area contributed by atoms with Crippen molar-refractivity contribution < 1.29 is 24.1 Å². The number of nitrogens with zero attached hydrogens (tertiary/aromatic N) is 1. The molecule has 0 saturated heterocycles. The monoisotopic (exact) mass is 469 g/mol. The second-order valence-electron chi connectivity index (χ2n) is 7.92. The van der Waals surface area contributed by atoms with Gasteiger partial charge in [-0.1, -0.05) is 37.6 Å². The normalized spacial score (nSPS) is 10.9. The van der Waals surface area contributed by atoms with E-state index in [1.807, 2.05) is 44.2 Å². The summed E-state index contributed by atoms with van der Waals surface area (Å²) in [6.07, 6.45) is 0.994. The van der Waals surface area contributed by atoms with Crippen LogP contribution in [0.5, 0.6) is 17.2 Å². The quantitative estimate of drug-likeness (QED) is 0.412. The largest absolute Gasteiger partial charge is 0.493 e. The van der Waals surface area contributed by atoms with Gasteiger partial charge in [0.05, 0.1) is 38.3 Å². The Morgan fingerprint density at radius 2 is 1.67 bits per heavy atom. The fraction of sp³-hybridized carbons (Fsp3) is 0.308. The topological polar surface area (TPSA) is 77.9 Å². The highest BCUT2D eigenvalue weighted by atomic mass is 35.5. The molecule has 0 aliphatic carbocycles. The molecule has 6 nitrogen and oxygen atoms in total. The first-order valence-corrected chi connectivity index (χ1v) is 11.0. The molecule has 3 rings (SSSR count). The molecule has 0 radical (unpaired) electrons. The predicted octanol–water partition coefficient (Wildman–Crippen LogP) is 6.03. The SMILES string of the molecule is COc1cc(CCc2nc(C(C)C)c(-c3cccc(Cl)c3)cc2C(=O)O)cc(OC)c1OC. The number of hydrogen-bond donors (Lipinski definition) is 1. The van der Waals surface area contributed by atoms with Crippen molar-refractivity contribution >= 4 is 17.6 Å². The lowest BCUT2D eigenvalue weighted by Crippen LogP contribution is -2.11. The number of carbonyl (C=O) groups is 1. The van der Waals surface area contributed by atoms with Crippen molar-refractivity contribution in [3.63, 3.8) is 0 Å². The van der Waals surface area contributed by atoms with Gasteiger partial charge < -0.3 is 19.3 Å². The van der Waals surface area contributed by atoms with Gasteiger partial charge in [0.1, 0.15) is 0 Å². The van der Waals surface area contributed by atoms with Gasteiger partial charge in [0.2, 0.25) is 5.75 Å². The van der Waals surface area contributed by atoms with Gasteiger partial charge in [-0.3, -0.25) is 4.98 Å². The van der Waals surface area contributed by atoms with E-state index in [4.69, 9.17) is 30.8 Å². The number of aryl methyl sites for hydroxylation is 2. The van der Waals surface area contributed by atoms with Crippen LogP contribution in [0.1, 0.15) is 47.1 Å². The van der Waals surface area contributed by atoms with Crippen LogP contribution in [0.15, 0.2) is 42.5 Å². The molecular formula is C26H28ClNO5. The maximum Gasteiger partial charge on any atom is 0.337 e. The first-order chi connectivity index (χ1) is 15.8. The van der Waals surface area contributed by atoms with Gasteiger partial charge in [-0.15, -0.1) is 0 Å². The Morgan fingerprint density at radius 1 is 1.00 bits per heavy atom. The van der Waals surface area contributed by atoms with Crippen LogP contribution in [0.25, 0.3) is 11.1 Å². The van der Waals surface area contributed by atoms with Crippen LogP contribution >= 0.6 is 11.6 Å². The zero-order chi connectivity index (χ0) is 24.1. The molecule has 1 aromatic heterocycles. The number of carboxylic acid groups (broad SMARTS) is 1. The van der Waals surface area contributed by atoms with Crippen molar-refractivity contribution in [3.05, 3.63) is 70.0 Å². The van der Waals surface area contributed by atoms with Gasteiger partial charge in [-0.05, 0) is 60.2 Å². The second-order valence-corrected chi connectivity index (χ2v) is 8.36. The smallest absolute Gasteiger partial charge is 0.337 e. The van der Waals surface area contributed by atoms with Crippen LogP contribution < -0.4 is 14.2 Å². The molecule has 0 aliphatic heterocycles. The fourth-order valence-corrected chi connectivity index (χ4v) is 4.00. The molecule has 3 aromatic rings. The number of halogens is 1. The van der Waals surface area contributed by atoms with Crippen LogP contribution in [0, 0.1) is 0 Å². The molecule has 0 aliphatic rings. The minimum Gasteiger partial charge on any atom is -0.493 e. The Kier molecular flexibility index (Phi) is 7.82. The van der Waals surface area contributed by atoms with E-state index >= 15 is 0 Å². The lowest BCUT2D eigenvalue weighted by atomic mass is 9.93. The summed E-state index contributed by atoms with van der Waals surface area (Å²) in [6, 6.07) is 12.8. The molecule has 0 spiro atoms. The highest BCUT2D eigenvalue weighted by Gasteiger charge is 2.20. The highest BCUT2D eigenvalue weighted by molar-refractivity contribution is 6.30. The average Bonchev–Trinajstić information content (AvgIpc) is 2.81. The minimum absolute atomic E-state index is 0.0988. The summed E-state index contributed by atoms with van der Waals surface area (Å²) in [5.41, 5.74) is 4.10. The van der Waals surface area contributed by atoms with E-state index in [1.54, 1.807) is 33.5 Å². The number of ether oxygens (including phenoxy) is 3. The molecule has 2 aromatic carbocycles. The van der Waals surface area contributed by atoms with Gasteiger partial charge in [0.25, 0.3) is 0 Å². The van der Waals surface area contributed by atoms with Crippen molar-refractivity contribution in [1.29, 1.82) is 0 Å². The summed E-state index contributed by atoms with van der Waals surface area (Å²) in [5.74, 6) is 0.707. The number of aromatic carboxylic acids is 1. The summed E-state index contributed by atoms with van der Waals surface area (Å²) in [6.45, 7) is 4.08. The molecule has 0 amide bonds. The van der Waals surface area contributed by atoms with Gasteiger partial charge in [-0.2, -0.15) is 0 Å². The van der Waals surface area contributed by atoms with Gasteiger partial charge in [0.15, 0.2) is 11.5 Å². The van der Waals surface area contributed by atoms with E-state index < -0.39 is 5.97 Å². The minimum atomic E-state index is -1.01. The van der Waals surface area contributed by atoms with Crippen LogP contribution in [-0.4, -0.2) is 37.4 Å². The molecule has 7 heteroatoms. The summed E-state index contributed by atoms with van der Waals surface area (Å²) >= 11 is 6.18. The predicted molar refractivity (Wildman–Crippen MR) is 129 cm³/mol. The Morgan fingerprint density at radius 3 is 2.18 bits per heavy atom. The van der Waals surface area contributed by atoms with Crippen molar-refractivity contribution in [2.24, 2.45) is 0 Å². The Bertz CT molecular complexity index is 1130. The van der Waals surface area contributed by atoms with E-state index in [-0.39, 0.29) is 11.5 Å². The van der Waals surface area contributed by atoms with Gasteiger partial charge in [0, 0.05) is 10.6 Å². The maximum absolute atomic E-state index is 12.1. The molecule has 0 unspecified atom stereocenters. The summed E-state index contributed by atoms with van der Waals surface area (Å²) in [4.78, 5) is 16.9. The Labute approximate surface area is 199 Å². The molecule has 0 saturated carbocycles. The lowest BCUT2D eigenvalue weighted by molar-refractivity contribution is 0.0695. The number of rotatable bonds is 9. The summed E-state index contributed by atoms with van der Waals surface area (Å²) in [5, 5.41) is 10.5. The highest BCUT2D eigenvalue weighted by Crippen LogP contribution is 2.38. The maximum atomic E-state index is 12.1. The molecule has 0 atom stereocenters. The molecule has 0 bridgehead atoms. The van der Waals surface area contributed by atoms with E-state index in [1.165, 1.54) is 0 Å². The first-order valence-electron chi connectivity index (χ1n) is 10.6. The van der Waals surface area contributed by atoms with Crippen LogP contribution in [0.2, 0.25) is 5.02 Å². The number of pyridine rings is 1. The van der Waals surface area contributed by atoms with E-state index in [0.717, 1.165) is 22.4 Å². The van der Waals surface area contributed by atoms with E-state index in [0.29, 0.717) is 40.8 Å². The number of carboxylic acids is 1. The third-order valence-electron chi connectivity index (χ3n) is 5.42. The summed E-state index contributed by atoms with van der Waals surface area (Å²) < 4.78 is 16.2. The van der Waals surface area contributed by atoms with Crippen molar-refractivity contribution in [1.82, 2.24) is 4.98 Å². The Hall–Kier alpha value is -3.25. The zero-order valence-electron chi connectivity index (χ0n) is 19.4. The number of aromatic nitrogens is 1. The molecule has 174 valence electrons. The Balaban J connectivity index is 2.03. The first kappa shape index (κ1) is 24.4. The third kappa shape index (κ3) is 5.40. The second kappa shape index (κ2) is 10.6. The van der Waals surface area contributed by atoms with Crippen LogP contribution in [0.4, 0.5) is 0 Å². The molecule has 1 N–H and O–H groups in total. The van der Waals surface area contributed by atoms with Crippen molar-refractivity contribution in [3.8, 4) is 28.4 Å². The van der Waals surface area contributed by atoms with Gasteiger partial charge >= 0.3 is 5.97 Å². The van der Waals surface area contributed by atoms with Gasteiger partial charge in [-0.25, -0.2) is 4.79 Å². The molecular weight excluding hydrogens is 442 g/mol. The van der Waals surface area contributed by atoms with Crippen LogP contribution in [-0.2, 0) is 12.8 Å². The summed E-state index contributed by atoms with van der Waals surface area (Å²) in [7, 11) is 4.68. The average molecular weight is 470 g/mol. The van der Waals surface area contributed by atoms with Crippen molar-refractivity contribution in [2.75, 3.05) is 21.3 Å². The molecule has 33 heavy (non-hydrogen) atoms. The van der Waals surface area contributed by atoms with Crippen molar-refractivity contribution in [2.45, 2.75) is 32.6 Å². The number of benzene rings is 2.